The van der Waals surface area contributed by atoms with Crippen molar-refractivity contribution >= 4 is 27.4 Å². The number of hydrogen-bond acceptors (Lipinski definition) is 4. The Balaban J connectivity index is 1.82. The van der Waals surface area contributed by atoms with Gasteiger partial charge in [0, 0.05) is 24.9 Å². The summed E-state index contributed by atoms with van der Waals surface area (Å²) >= 11 is 4.59. The highest BCUT2D eigenvalue weighted by molar-refractivity contribution is 7.89. The van der Waals surface area contributed by atoms with E-state index in [1.807, 2.05) is 19.1 Å². The quantitative estimate of drug-likeness (QED) is 0.630. The Morgan fingerprint density at radius 1 is 1.32 bits per heavy atom. The van der Waals surface area contributed by atoms with Crippen LogP contribution in [0.15, 0.2) is 34.2 Å². The number of thiocarbonyl (C=S) groups is 1. The van der Waals surface area contributed by atoms with E-state index in [4.69, 9.17) is 0 Å². The highest BCUT2D eigenvalue weighted by atomic mass is 32.2. The van der Waals surface area contributed by atoms with Crippen molar-refractivity contribution in [3.8, 4) is 0 Å². The first-order valence-electron chi connectivity index (χ1n) is 6.18. The second-order valence-electron chi connectivity index (χ2n) is 5.13. The Bertz CT molecular complexity index is 653. The Labute approximate surface area is 118 Å². The molecule has 3 rings (SSSR count). The molecule has 2 atom stereocenters. The van der Waals surface area contributed by atoms with Crippen LogP contribution in [0, 0.1) is 18.8 Å². The fourth-order valence-corrected chi connectivity index (χ4v) is 4.75. The maximum absolute atomic E-state index is 12.5. The first kappa shape index (κ1) is 12.9. The molecule has 1 aliphatic carbocycles. The topological polar surface area (TPSA) is 49.7 Å². The number of rotatable bonds is 3. The smallest absolute Gasteiger partial charge is 0.228 e. The zero-order valence-corrected chi connectivity index (χ0v) is 12.1. The molecule has 1 saturated carbocycles. The van der Waals surface area contributed by atoms with Gasteiger partial charge in [0.15, 0.2) is 0 Å². The molecule has 100 valence electrons. The summed E-state index contributed by atoms with van der Waals surface area (Å²) in [4.78, 5) is 4.48. The van der Waals surface area contributed by atoms with Crippen molar-refractivity contribution in [2.75, 3.05) is 13.1 Å². The maximum atomic E-state index is 12.5. The van der Waals surface area contributed by atoms with Gasteiger partial charge >= 0.3 is 0 Å². The van der Waals surface area contributed by atoms with Crippen LogP contribution < -0.4 is 0 Å². The fraction of sp³-hybridized carbons (Fsp3) is 0.462. The third-order valence-electron chi connectivity index (χ3n) is 4.03. The summed E-state index contributed by atoms with van der Waals surface area (Å²) in [6, 6.07) is 7.29. The summed E-state index contributed by atoms with van der Waals surface area (Å²) in [5, 5.41) is 2.39. The minimum Gasteiger partial charge on any atom is -0.228 e. The summed E-state index contributed by atoms with van der Waals surface area (Å²) in [7, 11) is -3.37. The molecule has 0 aromatic heterocycles. The number of aryl methyl sites for hydroxylation is 1. The van der Waals surface area contributed by atoms with Crippen molar-refractivity contribution in [2.45, 2.75) is 17.9 Å². The Morgan fingerprint density at radius 2 is 1.95 bits per heavy atom. The average Bonchev–Trinajstić information content (AvgIpc) is 2.84. The van der Waals surface area contributed by atoms with Gasteiger partial charge in [0.05, 0.1) is 16.1 Å². The van der Waals surface area contributed by atoms with Crippen molar-refractivity contribution in [1.29, 1.82) is 0 Å². The zero-order valence-electron chi connectivity index (χ0n) is 10.5. The summed E-state index contributed by atoms with van der Waals surface area (Å²) in [6.07, 6.45) is 0. The lowest BCUT2D eigenvalue weighted by Gasteiger charge is -2.19. The molecular formula is C13H14N2O2S2. The van der Waals surface area contributed by atoms with E-state index >= 15 is 0 Å². The molecule has 0 N–H and O–H groups in total. The van der Waals surface area contributed by atoms with Gasteiger partial charge in [-0.25, -0.2) is 13.4 Å². The van der Waals surface area contributed by atoms with Crippen molar-refractivity contribution in [2.24, 2.45) is 16.8 Å². The first-order chi connectivity index (χ1) is 9.05. The van der Waals surface area contributed by atoms with Crippen LogP contribution >= 0.6 is 12.2 Å². The molecule has 2 aliphatic rings. The monoisotopic (exact) mass is 294 g/mol. The lowest BCUT2D eigenvalue weighted by Crippen LogP contribution is -2.32. The van der Waals surface area contributed by atoms with E-state index in [9.17, 15) is 8.42 Å². The molecule has 1 heterocycles. The molecule has 2 fully saturated rings. The lowest BCUT2D eigenvalue weighted by atomic mass is 10.2. The highest BCUT2D eigenvalue weighted by Crippen LogP contribution is 2.49. The van der Waals surface area contributed by atoms with Gasteiger partial charge < -0.3 is 0 Å². The van der Waals surface area contributed by atoms with Crippen LogP contribution in [0.1, 0.15) is 5.56 Å². The Morgan fingerprint density at radius 3 is 2.53 bits per heavy atom. The van der Waals surface area contributed by atoms with Gasteiger partial charge in [0.2, 0.25) is 10.0 Å². The second kappa shape index (κ2) is 4.49. The van der Waals surface area contributed by atoms with Crippen LogP contribution in [-0.2, 0) is 10.0 Å². The van der Waals surface area contributed by atoms with E-state index in [-0.39, 0.29) is 6.04 Å². The van der Waals surface area contributed by atoms with Crippen LogP contribution in [0.25, 0.3) is 0 Å². The van der Waals surface area contributed by atoms with Gasteiger partial charge in [-0.15, -0.1) is 0 Å². The highest BCUT2D eigenvalue weighted by Gasteiger charge is 2.58. The molecule has 0 radical (unpaired) electrons. The van der Waals surface area contributed by atoms with Crippen LogP contribution in [0.4, 0.5) is 0 Å². The average molecular weight is 294 g/mol. The molecule has 0 bridgehead atoms. The summed E-state index contributed by atoms with van der Waals surface area (Å²) in [5.74, 6) is 0.656. The SMILES string of the molecule is Cc1ccccc1S(=O)(=O)N1CC2C(C1)C2N=C=S. The Hall–Kier alpha value is -1.07. The van der Waals surface area contributed by atoms with Crippen molar-refractivity contribution in [3.05, 3.63) is 29.8 Å². The molecule has 0 spiro atoms. The standard InChI is InChI=1S/C13H14N2O2S2/c1-9-4-2-3-5-12(9)19(16,17)15-6-10-11(7-15)13(10)14-8-18/h2-5,10-11,13H,6-7H2,1H3. The number of hydrogen-bond donors (Lipinski definition) is 0. The van der Waals surface area contributed by atoms with Gasteiger partial charge in [-0.3, -0.25) is 0 Å². The molecule has 2 unspecified atom stereocenters. The van der Waals surface area contributed by atoms with Gasteiger partial charge in [-0.2, -0.15) is 4.31 Å². The van der Waals surface area contributed by atoms with E-state index in [0.717, 1.165) is 5.56 Å². The predicted octanol–water partition coefficient (Wildman–Crippen LogP) is 1.72. The third kappa shape index (κ3) is 2.05. The summed E-state index contributed by atoms with van der Waals surface area (Å²) in [5.41, 5.74) is 0.788. The maximum Gasteiger partial charge on any atom is 0.243 e. The second-order valence-corrected chi connectivity index (χ2v) is 7.22. The molecule has 1 aromatic rings. The lowest BCUT2D eigenvalue weighted by molar-refractivity contribution is 0.432. The molecule has 0 amide bonds. The zero-order chi connectivity index (χ0) is 13.6. The minimum atomic E-state index is -3.37. The van der Waals surface area contributed by atoms with E-state index in [0.29, 0.717) is 29.8 Å². The van der Waals surface area contributed by atoms with E-state index in [1.165, 1.54) is 0 Å². The number of fused-ring (bicyclic) bond motifs is 1. The third-order valence-corrected chi connectivity index (χ3v) is 6.13. The minimum absolute atomic E-state index is 0.195. The predicted molar refractivity (Wildman–Crippen MR) is 75.7 cm³/mol. The van der Waals surface area contributed by atoms with Crippen molar-refractivity contribution < 1.29 is 8.42 Å². The fourth-order valence-electron chi connectivity index (χ4n) is 2.89. The van der Waals surface area contributed by atoms with E-state index < -0.39 is 10.0 Å². The van der Waals surface area contributed by atoms with Gasteiger partial charge in [-0.1, -0.05) is 18.2 Å². The Kier molecular flexibility index (Phi) is 3.06. The molecule has 1 aliphatic heterocycles. The normalized spacial score (nSPS) is 29.6. The van der Waals surface area contributed by atoms with Gasteiger partial charge in [-0.05, 0) is 30.8 Å². The van der Waals surface area contributed by atoms with Crippen molar-refractivity contribution in [3.63, 3.8) is 0 Å². The number of nitrogens with zero attached hydrogens (tertiary/aromatic N) is 2. The van der Waals surface area contributed by atoms with E-state index in [1.54, 1.807) is 16.4 Å². The van der Waals surface area contributed by atoms with E-state index in [2.05, 4.69) is 22.4 Å². The number of benzene rings is 1. The van der Waals surface area contributed by atoms with Crippen LogP contribution in [-0.4, -0.2) is 37.0 Å². The first-order valence-corrected chi connectivity index (χ1v) is 8.03. The molecule has 4 nitrogen and oxygen atoms in total. The van der Waals surface area contributed by atoms with Crippen LogP contribution in [0.5, 0.6) is 0 Å². The molecule has 1 saturated heterocycles. The molecular weight excluding hydrogens is 280 g/mol. The van der Waals surface area contributed by atoms with Gasteiger partial charge in [0.25, 0.3) is 0 Å². The summed E-state index contributed by atoms with van der Waals surface area (Å²) in [6.45, 7) is 2.92. The van der Waals surface area contributed by atoms with Crippen molar-refractivity contribution in [1.82, 2.24) is 4.31 Å². The molecule has 1 aromatic carbocycles. The number of aliphatic imine (C=N–C) groups is 1. The molecule has 6 heteroatoms. The number of sulfonamides is 1. The number of piperidine rings is 1. The summed E-state index contributed by atoms with van der Waals surface area (Å²) < 4.78 is 26.7. The van der Waals surface area contributed by atoms with Gasteiger partial charge in [0.1, 0.15) is 0 Å². The number of isothiocyanates is 1. The van der Waals surface area contributed by atoms with Crippen LogP contribution in [0.3, 0.4) is 0 Å². The largest absolute Gasteiger partial charge is 0.243 e. The molecule has 19 heavy (non-hydrogen) atoms. The van der Waals surface area contributed by atoms with Crippen LogP contribution in [0.2, 0.25) is 0 Å².